The highest BCUT2D eigenvalue weighted by molar-refractivity contribution is 5.92. The van der Waals surface area contributed by atoms with Crippen molar-refractivity contribution < 1.29 is 14.3 Å². The van der Waals surface area contributed by atoms with E-state index in [0.29, 0.717) is 35.1 Å². The van der Waals surface area contributed by atoms with Crippen LogP contribution in [0, 0.1) is 13.8 Å². The number of benzene rings is 1. The molecule has 1 aliphatic carbocycles. The van der Waals surface area contributed by atoms with Crippen LogP contribution in [0.15, 0.2) is 29.1 Å². The zero-order chi connectivity index (χ0) is 22.8. The molecular formula is C23H27N5O4. The largest absolute Gasteiger partial charge is 0.497 e. The summed E-state index contributed by atoms with van der Waals surface area (Å²) < 4.78 is 13.6. The fourth-order valence-electron chi connectivity index (χ4n) is 4.05. The molecule has 0 aliphatic heterocycles. The summed E-state index contributed by atoms with van der Waals surface area (Å²) in [6, 6.07) is 7.03. The van der Waals surface area contributed by atoms with Crippen LogP contribution in [-0.4, -0.2) is 39.5 Å². The molecule has 0 spiro atoms. The average Bonchev–Trinajstić information content (AvgIpc) is 3.13. The second-order valence-electron chi connectivity index (χ2n) is 7.89. The van der Waals surface area contributed by atoms with Gasteiger partial charge in [0.15, 0.2) is 0 Å². The molecule has 168 valence electrons. The lowest BCUT2D eigenvalue weighted by molar-refractivity contribution is -0.116. The lowest BCUT2D eigenvalue weighted by Gasteiger charge is -2.20. The minimum Gasteiger partial charge on any atom is -0.497 e. The van der Waals surface area contributed by atoms with Gasteiger partial charge in [0.25, 0.3) is 5.56 Å². The highest BCUT2D eigenvalue weighted by Crippen LogP contribution is 2.29. The van der Waals surface area contributed by atoms with Crippen molar-refractivity contribution in [1.82, 2.24) is 19.3 Å². The molecule has 0 bridgehead atoms. The normalized spacial score (nSPS) is 12.9. The Morgan fingerprint density at radius 1 is 1.12 bits per heavy atom. The first-order chi connectivity index (χ1) is 15.4. The number of hydrogen-bond acceptors (Lipinski definition) is 6. The fourth-order valence-corrected chi connectivity index (χ4v) is 4.05. The van der Waals surface area contributed by atoms with E-state index in [0.717, 1.165) is 36.3 Å². The number of methoxy groups -OCH3 is 2. The summed E-state index contributed by atoms with van der Waals surface area (Å²) in [5.74, 6) is 1.07. The summed E-state index contributed by atoms with van der Waals surface area (Å²) in [4.78, 5) is 31.1. The monoisotopic (exact) mass is 437 g/mol. The molecule has 0 saturated carbocycles. The first-order valence-corrected chi connectivity index (χ1v) is 10.6. The molecule has 3 aromatic rings. The van der Waals surface area contributed by atoms with Crippen LogP contribution in [0.5, 0.6) is 11.5 Å². The van der Waals surface area contributed by atoms with E-state index in [1.807, 2.05) is 19.9 Å². The van der Waals surface area contributed by atoms with Crippen LogP contribution < -0.4 is 20.3 Å². The van der Waals surface area contributed by atoms with E-state index in [1.165, 1.54) is 11.7 Å². The quantitative estimate of drug-likeness (QED) is 0.636. The summed E-state index contributed by atoms with van der Waals surface area (Å²) in [5.41, 5.74) is 3.46. The van der Waals surface area contributed by atoms with Crippen molar-refractivity contribution in [2.24, 2.45) is 0 Å². The molecule has 1 N–H and O–H groups in total. The molecule has 1 amide bonds. The number of rotatable bonds is 6. The van der Waals surface area contributed by atoms with E-state index in [1.54, 1.807) is 30.0 Å². The third kappa shape index (κ3) is 4.10. The zero-order valence-electron chi connectivity index (χ0n) is 18.8. The van der Waals surface area contributed by atoms with Crippen molar-refractivity contribution in [3.63, 3.8) is 0 Å². The Balaban J connectivity index is 1.72. The Bertz CT molecular complexity index is 1230. The van der Waals surface area contributed by atoms with E-state index in [9.17, 15) is 9.59 Å². The third-order valence-corrected chi connectivity index (χ3v) is 5.60. The Labute approximate surface area is 186 Å². The maximum atomic E-state index is 13.4. The molecule has 2 aromatic heterocycles. The van der Waals surface area contributed by atoms with Gasteiger partial charge >= 0.3 is 0 Å². The van der Waals surface area contributed by atoms with Crippen LogP contribution in [0.2, 0.25) is 0 Å². The highest BCUT2D eigenvalue weighted by Gasteiger charge is 2.23. The minimum atomic E-state index is -0.365. The van der Waals surface area contributed by atoms with Crippen molar-refractivity contribution in [2.45, 2.75) is 46.1 Å². The van der Waals surface area contributed by atoms with Crippen molar-refractivity contribution >= 4 is 11.6 Å². The van der Waals surface area contributed by atoms with Gasteiger partial charge < -0.3 is 14.8 Å². The molecule has 4 rings (SSSR count). The summed E-state index contributed by atoms with van der Waals surface area (Å²) in [5, 5.41) is 7.33. The standard InChI is InChI=1S/C23H27N5O4/c1-14-11-15(2)28(26-14)23-25-18-8-6-5-7-17(18)22(30)27(23)13-21(29)24-19-10-9-16(31-3)12-20(19)32-4/h9-12H,5-8,13H2,1-4H3,(H,24,29). The average molecular weight is 438 g/mol. The molecule has 9 heteroatoms. The van der Waals surface area contributed by atoms with Crippen LogP contribution in [0.3, 0.4) is 0 Å². The number of anilines is 1. The van der Waals surface area contributed by atoms with Gasteiger partial charge in [-0.2, -0.15) is 5.10 Å². The number of nitrogens with zero attached hydrogens (tertiary/aromatic N) is 4. The highest BCUT2D eigenvalue weighted by atomic mass is 16.5. The fraction of sp³-hybridized carbons (Fsp3) is 0.391. The Morgan fingerprint density at radius 3 is 2.59 bits per heavy atom. The third-order valence-electron chi connectivity index (χ3n) is 5.60. The number of aryl methyl sites for hydroxylation is 3. The van der Waals surface area contributed by atoms with Gasteiger partial charge in [-0.3, -0.25) is 14.2 Å². The van der Waals surface area contributed by atoms with Gasteiger partial charge in [-0.1, -0.05) is 0 Å². The van der Waals surface area contributed by atoms with Crippen molar-refractivity contribution in [3.8, 4) is 17.4 Å². The topological polar surface area (TPSA) is 100 Å². The van der Waals surface area contributed by atoms with Gasteiger partial charge in [0, 0.05) is 17.3 Å². The van der Waals surface area contributed by atoms with E-state index in [4.69, 9.17) is 14.5 Å². The first-order valence-electron chi connectivity index (χ1n) is 10.6. The van der Waals surface area contributed by atoms with Gasteiger partial charge in [-0.05, 0) is 57.7 Å². The molecule has 0 atom stereocenters. The minimum absolute atomic E-state index is 0.186. The van der Waals surface area contributed by atoms with E-state index >= 15 is 0 Å². The first kappa shape index (κ1) is 21.6. The molecule has 1 aromatic carbocycles. The Hall–Kier alpha value is -3.62. The number of amides is 1. The molecule has 0 unspecified atom stereocenters. The molecule has 1 aliphatic rings. The lowest BCUT2D eigenvalue weighted by Crippen LogP contribution is -2.36. The van der Waals surface area contributed by atoms with E-state index in [2.05, 4.69) is 10.4 Å². The molecule has 2 heterocycles. The maximum Gasteiger partial charge on any atom is 0.258 e. The maximum absolute atomic E-state index is 13.4. The lowest BCUT2D eigenvalue weighted by atomic mass is 9.97. The molecule has 0 fully saturated rings. The number of fused-ring (bicyclic) bond motifs is 1. The van der Waals surface area contributed by atoms with Crippen LogP contribution in [0.4, 0.5) is 5.69 Å². The second kappa shape index (κ2) is 8.86. The predicted octanol–water partition coefficient (Wildman–Crippen LogP) is 2.58. The van der Waals surface area contributed by atoms with Crippen molar-refractivity contribution in [3.05, 3.63) is 57.3 Å². The van der Waals surface area contributed by atoms with Crippen LogP contribution in [0.1, 0.15) is 35.5 Å². The summed E-state index contributed by atoms with van der Waals surface area (Å²) in [7, 11) is 3.08. The van der Waals surface area contributed by atoms with E-state index in [-0.39, 0.29) is 18.0 Å². The summed E-state index contributed by atoms with van der Waals surface area (Å²) in [6.45, 7) is 3.59. The van der Waals surface area contributed by atoms with Gasteiger partial charge in [0.1, 0.15) is 18.0 Å². The predicted molar refractivity (Wildman–Crippen MR) is 120 cm³/mol. The molecule has 0 saturated heterocycles. The number of carbonyl (C=O) groups is 1. The van der Waals surface area contributed by atoms with Gasteiger partial charge in [0.2, 0.25) is 11.9 Å². The van der Waals surface area contributed by atoms with Crippen LogP contribution >= 0.6 is 0 Å². The number of hydrogen-bond donors (Lipinski definition) is 1. The number of nitrogens with one attached hydrogen (secondary N) is 1. The number of aromatic nitrogens is 4. The van der Waals surface area contributed by atoms with E-state index < -0.39 is 0 Å². The van der Waals surface area contributed by atoms with Crippen molar-refractivity contribution in [1.29, 1.82) is 0 Å². The van der Waals surface area contributed by atoms with Crippen LogP contribution in [0.25, 0.3) is 5.95 Å². The summed E-state index contributed by atoms with van der Waals surface area (Å²) >= 11 is 0. The van der Waals surface area contributed by atoms with Gasteiger partial charge in [-0.15, -0.1) is 0 Å². The molecular weight excluding hydrogens is 410 g/mol. The molecule has 0 radical (unpaired) electrons. The second-order valence-corrected chi connectivity index (χ2v) is 7.89. The molecule has 32 heavy (non-hydrogen) atoms. The SMILES string of the molecule is COc1ccc(NC(=O)Cn2c(-n3nc(C)cc3C)nc3c(c2=O)CCCC3)c(OC)c1. The smallest absolute Gasteiger partial charge is 0.258 e. The number of ether oxygens (including phenoxy) is 2. The Kier molecular flexibility index (Phi) is 5.98. The van der Waals surface area contributed by atoms with Crippen LogP contribution in [-0.2, 0) is 24.2 Å². The van der Waals surface area contributed by atoms with Crippen molar-refractivity contribution in [2.75, 3.05) is 19.5 Å². The summed E-state index contributed by atoms with van der Waals surface area (Å²) in [6.07, 6.45) is 3.37. The molecule has 9 nitrogen and oxygen atoms in total. The van der Waals surface area contributed by atoms with Gasteiger partial charge in [0.05, 0.1) is 31.3 Å². The number of carbonyl (C=O) groups excluding carboxylic acids is 1. The van der Waals surface area contributed by atoms with Gasteiger partial charge in [-0.25, -0.2) is 9.67 Å². The Morgan fingerprint density at radius 2 is 1.91 bits per heavy atom. The zero-order valence-corrected chi connectivity index (χ0v) is 18.8.